The first-order valence-electron chi connectivity index (χ1n) is 9.73. The van der Waals surface area contributed by atoms with Crippen molar-refractivity contribution in [1.82, 2.24) is 15.1 Å². The standard InChI is InChI=1S/C23H23IN4O/c1-16-7-8-18(15-17(16)2)21-9-10-22(26-25-21)27-11-13-28(14-12-27)23(29)19-5-3-4-6-20(19)24/h3-10,15H,11-14H2,1-2H3. The van der Waals surface area contributed by atoms with Gasteiger partial charge in [-0.3, -0.25) is 4.79 Å². The molecule has 6 heteroatoms. The van der Waals surface area contributed by atoms with Gasteiger partial charge in [-0.05, 0) is 77.9 Å². The highest BCUT2D eigenvalue weighted by Gasteiger charge is 2.24. The Labute approximate surface area is 184 Å². The lowest BCUT2D eigenvalue weighted by molar-refractivity contribution is 0.0745. The monoisotopic (exact) mass is 498 g/mol. The Morgan fingerprint density at radius 3 is 2.31 bits per heavy atom. The first-order chi connectivity index (χ1) is 14.0. The van der Waals surface area contributed by atoms with Gasteiger partial charge >= 0.3 is 0 Å². The molecular formula is C23H23IN4O. The van der Waals surface area contributed by atoms with Gasteiger partial charge in [0.2, 0.25) is 0 Å². The number of rotatable bonds is 3. The van der Waals surface area contributed by atoms with Gasteiger partial charge in [0.05, 0.1) is 11.3 Å². The summed E-state index contributed by atoms with van der Waals surface area (Å²) >= 11 is 2.22. The molecule has 3 aromatic rings. The first-order valence-corrected chi connectivity index (χ1v) is 10.8. The number of hydrogen-bond acceptors (Lipinski definition) is 4. The van der Waals surface area contributed by atoms with Crippen molar-refractivity contribution in [3.05, 3.63) is 74.9 Å². The summed E-state index contributed by atoms with van der Waals surface area (Å²) in [5.41, 5.74) is 5.27. The summed E-state index contributed by atoms with van der Waals surface area (Å²) in [7, 11) is 0. The first kappa shape index (κ1) is 19.8. The largest absolute Gasteiger partial charge is 0.352 e. The summed E-state index contributed by atoms with van der Waals surface area (Å²) in [6.07, 6.45) is 0. The Balaban J connectivity index is 1.41. The summed E-state index contributed by atoms with van der Waals surface area (Å²) in [6.45, 7) is 7.10. The fraction of sp³-hybridized carbons (Fsp3) is 0.261. The van der Waals surface area contributed by atoms with Crippen LogP contribution in [0.2, 0.25) is 0 Å². The molecule has 0 N–H and O–H groups in total. The van der Waals surface area contributed by atoms with Crippen LogP contribution < -0.4 is 4.90 Å². The van der Waals surface area contributed by atoms with Crippen molar-refractivity contribution in [2.45, 2.75) is 13.8 Å². The van der Waals surface area contributed by atoms with Crippen LogP contribution in [0.5, 0.6) is 0 Å². The Morgan fingerprint density at radius 1 is 0.897 bits per heavy atom. The lowest BCUT2D eigenvalue weighted by atomic mass is 10.0. The van der Waals surface area contributed by atoms with E-state index in [0.717, 1.165) is 39.3 Å². The molecule has 5 nitrogen and oxygen atoms in total. The van der Waals surface area contributed by atoms with Crippen molar-refractivity contribution in [2.75, 3.05) is 31.1 Å². The molecule has 1 aliphatic heterocycles. The summed E-state index contributed by atoms with van der Waals surface area (Å²) in [5, 5.41) is 8.88. The number of amides is 1. The Morgan fingerprint density at radius 2 is 1.66 bits per heavy atom. The van der Waals surface area contributed by atoms with E-state index >= 15 is 0 Å². The zero-order valence-electron chi connectivity index (χ0n) is 16.6. The number of aryl methyl sites for hydroxylation is 2. The number of anilines is 1. The van der Waals surface area contributed by atoms with Gasteiger partial charge in [-0.2, -0.15) is 0 Å². The van der Waals surface area contributed by atoms with Crippen LogP contribution in [-0.4, -0.2) is 47.2 Å². The smallest absolute Gasteiger partial charge is 0.255 e. The third-order valence-electron chi connectivity index (χ3n) is 5.45. The Bertz CT molecular complexity index is 1030. The molecule has 1 fully saturated rings. The average Bonchev–Trinajstić information content (AvgIpc) is 2.76. The van der Waals surface area contributed by atoms with E-state index < -0.39 is 0 Å². The van der Waals surface area contributed by atoms with E-state index in [-0.39, 0.29) is 5.91 Å². The van der Waals surface area contributed by atoms with E-state index in [1.807, 2.05) is 41.3 Å². The normalized spacial score (nSPS) is 14.2. The maximum Gasteiger partial charge on any atom is 0.255 e. The molecule has 0 bridgehead atoms. The highest BCUT2D eigenvalue weighted by atomic mass is 127. The third-order valence-corrected chi connectivity index (χ3v) is 6.39. The van der Waals surface area contributed by atoms with Crippen LogP contribution in [0.1, 0.15) is 21.5 Å². The van der Waals surface area contributed by atoms with Gasteiger partial charge in [-0.25, -0.2) is 0 Å². The lowest BCUT2D eigenvalue weighted by Crippen LogP contribution is -2.49. The van der Waals surface area contributed by atoms with E-state index in [0.29, 0.717) is 13.1 Å². The molecule has 2 aromatic carbocycles. The fourth-order valence-electron chi connectivity index (χ4n) is 3.49. The van der Waals surface area contributed by atoms with Gasteiger partial charge in [-0.1, -0.05) is 24.3 Å². The number of nitrogens with zero attached hydrogens (tertiary/aromatic N) is 4. The van der Waals surface area contributed by atoms with Gasteiger partial charge in [0.1, 0.15) is 0 Å². The number of benzene rings is 2. The Kier molecular flexibility index (Phi) is 5.80. The summed E-state index contributed by atoms with van der Waals surface area (Å²) < 4.78 is 0.991. The SMILES string of the molecule is Cc1ccc(-c2ccc(N3CCN(C(=O)c4ccccc4I)CC3)nn2)cc1C. The molecule has 0 aliphatic carbocycles. The van der Waals surface area contributed by atoms with Crippen LogP contribution >= 0.6 is 22.6 Å². The van der Waals surface area contributed by atoms with Crippen LogP contribution in [0.25, 0.3) is 11.3 Å². The van der Waals surface area contributed by atoms with Crippen molar-refractivity contribution in [1.29, 1.82) is 0 Å². The molecule has 29 heavy (non-hydrogen) atoms. The number of hydrogen-bond donors (Lipinski definition) is 0. The van der Waals surface area contributed by atoms with Gasteiger partial charge in [0.25, 0.3) is 5.91 Å². The molecule has 4 rings (SSSR count). The number of carbonyl (C=O) groups excluding carboxylic acids is 1. The molecule has 0 unspecified atom stereocenters. The number of piperazine rings is 1. The van der Waals surface area contributed by atoms with E-state index in [1.54, 1.807) is 0 Å². The quantitative estimate of drug-likeness (QED) is 0.505. The lowest BCUT2D eigenvalue weighted by Gasteiger charge is -2.35. The van der Waals surface area contributed by atoms with Gasteiger partial charge in [0, 0.05) is 35.3 Å². The third kappa shape index (κ3) is 4.27. The molecule has 1 aliphatic rings. The van der Waals surface area contributed by atoms with Crippen molar-refractivity contribution in [3.63, 3.8) is 0 Å². The highest BCUT2D eigenvalue weighted by molar-refractivity contribution is 14.1. The van der Waals surface area contributed by atoms with E-state index in [4.69, 9.17) is 0 Å². The van der Waals surface area contributed by atoms with Crippen molar-refractivity contribution >= 4 is 34.3 Å². The average molecular weight is 498 g/mol. The van der Waals surface area contributed by atoms with Crippen molar-refractivity contribution in [2.24, 2.45) is 0 Å². The number of aromatic nitrogens is 2. The fourth-order valence-corrected chi connectivity index (χ4v) is 4.11. The molecule has 0 spiro atoms. The molecule has 2 heterocycles. The summed E-state index contributed by atoms with van der Waals surface area (Å²) in [6, 6.07) is 18.1. The van der Waals surface area contributed by atoms with E-state index in [1.165, 1.54) is 11.1 Å². The van der Waals surface area contributed by atoms with Gasteiger partial charge < -0.3 is 9.80 Å². The molecule has 1 amide bonds. The molecule has 1 aromatic heterocycles. The topological polar surface area (TPSA) is 49.3 Å². The maximum atomic E-state index is 12.8. The van der Waals surface area contributed by atoms with Crippen LogP contribution in [0.15, 0.2) is 54.6 Å². The zero-order chi connectivity index (χ0) is 20.4. The second-order valence-electron chi connectivity index (χ2n) is 7.33. The Hall–Kier alpha value is -2.48. The minimum absolute atomic E-state index is 0.103. The predicted octanol–water partition coefficient (Wildman–Crippen LogP) is 4.33. The zero-order valence-corrected chi connectivity index (χ0v) is 18.8. The maximum absolute atomic E-state index is 12.8. The molecule has 148 valence electrons. The molecule has 0 saturated carbocycles. The summed E-state index contributed by atoms with van der Waals surface area (Å²) in [4.78, 5) is 16.9. The highest BCUT2D eigenvalue weighted by Crippen LogP contribution is 2.22. The number of carbonyl (C=O) groups is 1. The van der Waals surface area contributed by atoms with Crippen LogP contribution in [0, 0.1) is 17.4 Å². The second-order valence-corrected chi connectivity index (χ2v) is 8.50. The molecule has 0 radical (unpaired) electrons. The predicted molar refractivity (Wildman–Crippen MR) is 124 cm³/mol. The van der Waals surface area contributed by atoms with Gasteiger partial charge in [-0.15, -0.1) is 10.2 Å². The minimum Gasteiger partial charge on any atom is -0.352 e. The van der Waals surface area contributed by atoms with Crippen LogP contribution in [0.3, 0.4) is 0 Å². The van der Waals surface area contributed by atoms with Crippen molar-refractivity contribution < 1.29 is 4.79 Å². The minimum atomic E-state index is 0.103. The molecular weight excluding hydrogens is 475 g/mol. The van der Waals surface area contributed by atoms with Crippen LogP contribution in [0.4, 0.5) is 5.82 Å². The van der Waals surface area contributed by atoms with E-state index in [2.05, 4.69) is 69.7 Å². The second kappa shape index (κ2) is 8.49. The van der Waals surface area contributed by atoms with Gasteiger partial charge in [0.15, 0.2) is 5.82 Å². The summed E-state index contributed by atoms with van der Waals surface area (Å²) in [5.74, 6) is 0.963. The number of halogens is 1. The van der Waals surface area contributed by atoms with E-state index in [9.17, 15) is 4.79 Å². The van der Waals surface area contributed by atoms with Crippen molar-refractivity contribution in [3.8, 4) is 11.3 Å². The molecule has 1 saturated heterocycles. The van der Waals surface area contributed by atoms with Crippen LogP contribution in [-0.2, 0) is 0 Å². The molecule has 0 atom stereocenters.